The zero-order valence-corrected chi connectivity index (χ0v) is 11.3. The second-order valence-corrected chi connectivity index (χ2v) is 4.96. The standard InChI is InChI=1S/C13H9F2N3O2S/c14-13(15)10-5-11(21-7-12(19)20)18(17-10)9-3-1-2-8(4-9)6-16/h1-5,13H,7H2,(H,19,20). The molecule has 1 N–H and O–H groups in total. The summed E-state index contributed by atoms with van der Waals surface area (Å²) in [6.07, 6.45) is -2.76. The SMILES string of the molecule is N#Cc1cccc(-n2nc(C(F)F)cc2SCC(=O)O)c1. The molecule has 2 rings (SSSR count). The first kappa shape index (κ1) is 15.0. The number of hydrogen-bond acceptors (Lipinski definition) is 4. The molecular weight excluding hydrogens is 300 g/mol. The van der Waals surface area contributed by atoms with Gasteiger partial charge in [0.05, 0.1) is 23.1 Å². The number of nitrogens with zero attached hydrogens (tertiary/aromatic N) is 3. The zero-order chi connectivity index (χ0) is 15.4. The van der Waals surface area contributed by atoms with Crippen LogP contribution < -0.4 is 0 Å². The molecule has 8 heteroatoms. The van der Waals surface area contributed by atoms with Crippen LogP contribution in [0, 0.1) is 11.3 Å². The van der Waals surface area contributed by atoms with E-state index in [1.54, 1.807) is 18.2 Å². The van der Waals surface area contributed by atoms with Crippen LogP contribution in [0.3, 0.4) is 0 Å². The normalized spacial score (nSPS) is 10.6. The highest BCUT2D eigenvalue weighted by Gasteiger charge is 2.17. The van der Waals surface area contributed by atoms with Gasteiger partial charge in [-0.3, -0.25) is 4.79 Å². The predicted octanol–water partition coefficient (Wildman–Crippen LogP) is 2.86. The van der Waals surface area contributed by atoms with Crippen molar-refractivity contribution in [2.24, 2.45) is 0 Å². The Bertz CT molecular complexity index is 710. The lowest BCUT2D eigenvalue weighted by Gasteiger charge is -2.06. The van der Waals surface area contributed by atoms with E-state index in [2.05, 4.69) is 5.10 Å². The zero-order valence-electron chi connectivity index (χ0n) is 10.5. The molecule has 108 valence electrons. The van der Waals surface area contributed by atoms with Crippen molar-refractivity contribution in [3.05, 3.63) is 41.6 Å². The minimum Gasteiger partial charge on any atom is -0.481 e. The molecule has 0 radical (unpaired) electrons. The average Bonchev–Trinajstić information content (AvgIpc) is 2.89. The molecule has 1 aromatic carbocycles. The molecule has 0 fully saturated rings. The molecule has 1 heterocycles. The number of thioether (sulfide) groups is 1. The molecule has 21 heavy (non-hydrogen) atoms. The third-order valence-electron chi connectivity index (χ3n) is 2.48. The highest BCUT2D eigenvalue weighted by molar-refractivity contribution is 7.99. The van der Waals surface area contributed by atoms with E-state index in [0.29, 0.717) is 11.3 Å². The molecule has 2 aromatic rings. The van der Waals surface area contributed by atoms with Crippen molar-refractivity contribution in [1.29, 1.82) is 5.26 Å². The lowest BCUT2D eigenvalue weighted by molar-refractivity contribution is -0.133. The first-order valence-corrected chi connectivity index (χ1v) is 6.73. The smallest absolute Gasteiger partial charge is 0.313 e. The van der Waals surface area contributed by atoms with Crippen LogP contribution >= 0.6 is 11.8 Å². The number of alkyl halides is 2. The van der Waals surface area contributed by atoms with E-state index in [-0.39, 0.29) is 10.8 Å². The molecule has 1 aromatic heterocycles. The van der Waals surface area contributed by atoms with E-state index in [1.165, 1.54) is 10.7 Å². The van der Waals surface area contributed by atoms with Crippen molar-refractivity contribution >= 4 is 17.7 Å². The molecular formula is C13H9F2N3O2S. The Morgan fingerprint density at radius 3 is 2.86 bits per heavy atom. The van der Waals surface area contributed by atoms with Gasteiger partial charge >= 0.3 is 5.97 Å². The largest absolute Gasteiger partial charge is 0.481 e. The average molecular weight is 309 g/mol. The Labute approximate surface area is 122 Å². The van der Waals surface area contributed by atoms with Crippen molar-refractivity contribution in [1.82, 2.24) is 9.78 Å². The molecule has 0 aliphatic carbocycles. The lowest BCUT2D eigenvalue weighted by atomic mass is 10.2. The Morgan fingerprint density at radius 2 is 2.24 bits per heavy atom. The van der Waals surface area contributed by atoms with Crippen molar-refractivity contribution in [2.75, 3.05) is 5.75 Å². The van der Waals surface area contributed by atoms with Gasteiger partial charge in [0.15, 0.2) is 0 Å². The third-order valence-corrected chi connectivity index (χ3v) is 3.46. The van der Waals surface area contributed by atoms with E-state index in [1.807, 2.05) is 6.07 Å². The highest BCUT2D eigenvalue weighted by atomic mass is 32.2. The summed E-state index contributed by atoms with van der Waals surface area (Å²) in [7, 11) is 0. The second kappa shape index (κ2) is 6.37. The molecule has 0 amide bonds. The molecule has 0 saturated carbocycles. The molecule has 0 aliphatic rings. The number of hydrogen-bond donors (Lipinski definition) is 1. The van der Waals surface area contributed by atoms with E-state index in [9.17, 15) is 13.6 Å². The van der Waals surface area contributed by atoms with Crippen LogP contribution in [-0.4, -0.2) is 26.6 Å². The quantitative estimate of drug-likeness (QED) is 0.859. The van der Waals surface area contributed by atoms with Gasteiger partial charge in [-0.25, -0.2) is 13.5 Å². The molecule has 0 spiro atoms. The number of carboxylic acids is 1. The fraction of sp³-hybridized carbons (Fsp3) is 0.154. The van der Waals surface area contributed by atoms with Crippen LogP contribution in [0.1, 0.15) is 17.7 Å². The summed E-state index contributed by atoms with van der Waals surface area (Å²) in [6.45, 7) is 0. The second-order valence-electron chi connectivity index (χ2n) is 3.96. The summed E-state index contributed by atoms with van der Waals surface area (Å²) in [4.78, 5) is 10.6. The van der Waals surface area contributed by atoms with Gasteiger partial charge in [-0.2, -0.15) is 10.4 Å². The lowest BCUT2D eigenvalue weighted by Crippen LogP contribution is -2.02. The Hall–Kier alpha value is -2.40. The number of aromatic nitrogens is 2. The number of aliphatic carboxylic acids is 1. The molecule has 0 saturated heterocycles. The summed E-state index contributed by atoms with van der Waals surface area (Å²) in [6, 6.07) is 9.37. The van der Waals surface area contributed by atoms with Gasteiger partial charge < -0.3 is 5.11 Å². The predicted molar refractivity (Wildman–Crippen MR) is 71.6 cm³/mol. The van der Waals surface area contributed by atoms with Crippen molar-refractivity contribution in [3.63, 3.8) is 0 Å². The first-order valence-electron chi connectivity index (χ1n) is 5.74. The van der Waals surface area contributed by atoms with E-state index in [4.69, 9.17) is 10.4 Å². The number of benzene rings is 1. The maximum Gasteiger partial charge on any atom is 0.313 e. The fourth-order valence-corrected chi connectivity index (χ4v) is 2.36. The van der Waals surface area contributed by atoms with Crippen LogP contribution in [0.2, 0.25) is 0 Å². The van der Waals surface area contributed by atoms with Crippen LogP contribution in [-0.2, 0) is 4.79 Å². The van der Waals surface area contributed by atoms with Gasteiger partial charge in [0.25, 0.3) is 6.43 Å². The third kappa shape index (κ3) is 3.58. The van der Waals surface area contributed by atoms with Crippen molar-refractivity contribution in [2.45, 2.75) is 11.5 Å². The number of halogens is 2. The highest BCUT2D eigenvalue weighted by Crippen LogP contribution is 2.27. The van der Waals surface area contributed by atoms with E-state index in [0.717, 1.165) is 17.8 Å². The summed E-state index contributed by atoms with van der Waals surface area (Å²) in [5.74, 6) is -1.33. The maximum atomic E-state index is 12.8. The van der Waals surface area contributed by atoms with E-state index >= 15 is 0 Å². The topological polar surface area (TPSA) is 78.9 Å². The summed E-state index contributed by atoms with van der Waals surface area (Å²) in [5, 5.41) is 21.6. The number of nitriles is 1. The number of rotatable bonds is 5. The van der Waals surface area contributed by atoms with Gasteiger partial charge in [-0.15, -0.1) is 0 Å². The van der Waals surface area contributed by atoms with Crippen LogP contribution in [0.4, 0.5) is 8.78 Å². The Balaban J connectivity index is 2.44. The minimum atomic E-state index is -2.76. The Morgan fingerprint density at radius 1 is 1.48 bits per heavy atom. The van der Waals surface area contributed by atoms with Crippen molar-refractivity contribution < 1.29 is 18.7 Å². The molecule has 0 bridgehead atoms. The monoisotopic (exact) mass is 309 g/mol. The molecule has 0 aliphatic heterocycles. The van der Waals surface area contributed by atoms with Gasteiger partial charge in [-0.05, 0) is 24.3 Å². The van der Waals surface area contributed by atoms with Gasteiger partial charge in [0.2, 0.25) is 0 Å². The van der Waals surface area contributed by atoms with Crippen LogP contribution in [0.15, 0.2) is 35.4 Å². The number of carbonyl (C=O) groups is 1. The molecule has 5 nitrogen and oxygen atoms in total. The van der Waals surface area contributed by atoms with Crippen LogP contribution in [0.5, 0.6) is 0 Å². The van der Waals surface area contributed by atoms with Gasteiger partial charge in [-0.1, -0.05) is 17.8 Å². The summed E-state index contributed by atoms with van der Waals surface area (Å²) >= 11 is 0.886. The Kier molecular flexibility index (Phi) is 4.55. The summed E-state index contributed by atoms with van der Waals surface area (Å²) in [5.41, 5.74) is 0.342. The van der Waals surface area contributed by atoms with Crippen LogP contribution in [0.25, 0.3) is 5.69 Å². The fourth-order valence-electron chi connectivity index (χ4n) is 1.62. The maximum absolute atomic E-state index is 12.8. The van der Waals surface area contributed by atoms with Crippen molar-refractivity contribution in [3.8, 4) is 11.8 Å². The number of carboxylic acid groups (broad SMARTS) is 1. The van der Waals surface area contributed by atoms with E-state index < -0.39 is 18.1 Å². The van der Waals surface area contributed by atoms with Gasteiger partial charge in [0, 0.05) is 0 Å². The minimum absolute atomic E-state index is 0.272. The molecule has 0 unspecified atom stereocenters. The summed E-state index contributed by atoms with van der Waals surface area (Å²) < 4.78 is 26.8. The van der Waals surface area contributed by atoms with Gasteiger partial charge in [0.1, 0.15) is 10.7 Å². The molecule has 0 atom stereocenters. The first-order chi connectivity index (χ1) is 10.0.